The summed E-state index contributed by atoms with van der Waals surface area (Å²) in [5.74, 6) is -2.68. The number of benzene rings is 2. The van der Waals surface area contributed by atoms with Crippen LogP contribution >= 0.6 is 0 Å². The number of aliphatic hydroxyl groups is 1. The van der Waals surface area contributed by atoms with Crippen molar-refractivity contribution in [3.05, 3.63) is 109 Å². The molecule has 2 aromatic carbocycles. The summed E-state index contributed by atoms with van der Waals surface area (Å²) in [5.41, 5.74) is 10.7. The summed E-state index contributed by atoms with van der Waals surface area (Å²) in [6.07, 6.45) is 2.06. The molecule has 9 rings (SSSR count). The van der Waals surface area contributed by atoms with Crippen LogP contribution in [0.3, 0.4) is 0 Å². The number of aromatic nitrogens is 2. The van der Waals surface area contributed by atoms with Crippen LogP contribution in [0.15, 0.2) is 58.6 Å². The predicted octanol–water partition coefficient (Wildman–Crippen LogP) is 1.16. The maximum absolute atomic E-state index is 15.4. The highest BCUT2D eigenvalue weighted by molar-refractivity contribution is 5.94. The summed E-state index contributed by atoms with van der Waals surface area (Å²) in [7, 11) is 0. The zero-order valence-electron chi connectivity index (χ0n) is 35.4. The predicted molar refractivity (Wildman–Crippen MR) is 228 cm³/mol. The van der Waals surface area contributed by atoms with Crippen LogP contribution in [0.1, 0.15) is 77.6 Å². The van der Waals surface area contributed by atoms with E-state index in [9.17, 15) is 33.9 Å². The number of ether oxygens (including phenoxy) is 2. The number of pyridine rings is 2. The molecule has 3 atom stereocenters. The van der Waals surface area contributed by atoms with Gasteiger partial charge in [0.1, 0.15) is 31.0 Å². The Bertz CT molecular complexity index is 2730. The average molecular weight is 877 g/mol. The number of nitrogens with zero attached hydrogens (tertiary/aromatic N) is 2. The Morgan fingerprint density at radius 3 is 2.53 bits per heavy atom. The lowest BCUT2D eigenvalue weighted by Crippen LogP contribution is -2.52. The number of fused-ring (bicyclic) bond motifs is 7. The fourth-order valence-corrected chi connectivity index (χ4v) is 9.75. The monoisotopic (exact) mass is 876 g/mol. The molecule has 64 heavy (non-hydrogen) atoms. The Morgan fingerprint density at radius 1 is 1.02 bits per heavy atom. The molecule has 5 aliphatic rings. The minimum Gasteiger partial charge on any atom is -0.490 e. The van der Waals surface area contributed by atoms with E-state index in [0.29, 0.717) is 71.5 Å². The van der Waals surface area contributed by atoms with Gasteiger partial charge in [0.2, 0.25) is 29.5 Å². The lowest BCUT2D eigenvalue weighted by Gasteiger charge is -2.44. The van der Waals surface area contributed by atoms with Gasteiger partial charge in [-0.05, 0) is 73.4 Å². The Labute approximate surface area is 366 Å². The highest BCUT2D eigenvalue weighted by Gasteiger charge is 2.51. The molecule has 334 valence electrons. The SMILES string of the molecule is CC1=C2OCc3c(cc4n(c3=O)Cc3c-4nc4cc(F)c(C)c5c4c3[C@@H](NC(=O)[C@H]3C[C@@H](OCNC(=O)CNC(=O)[C@H](Cc4ccccc4)NC(=O)CNC(=O)CN)C3)CC5)[C@@]2(O)C1. The van der Waals surface area contributed by atoms with Gasteiger partial charge in [0.25, 0.3) is 5.56 Å². The highest BCUT2D eigenvalue weighted by atomic mass is 19.1. The van der Waals surface area contributed by atoms with Crippen molar-refractivity contribution < 1.29 is 42.9 Å². The topological polar surface area (TPSA) is 245 Å². The Hall–Kier alpha value is -6.50. The van der Waals surface area contributed by atoms with E-state index in [1.54, 1.807) is 35.8 Å². The maximum atomic E-state index is 15.4. The first-order valence-electron chi connectivity index (χ1n) is 21.5. The van der Waals surface area contributed by atoms with Crippen molar-refractivity contribution in [2.75, 3.05) is 26.4 Å². The third-order valence-corrected chi connectivity index (χ3v) is 13.2. The van der Waals surface area contributed by atoms with Crippen LogP contribution in [-0.2, 0) is 65.0 Å². The molecule has 0 spiro atoms. The minimum atomic E-state index is -1.39. The number of hydrogen-bond donors (Lipinski definition) is 7. The van der Waals surface area contributed by atoms with Gasteiger partial charge in [-0.1, -0.05) is 30.3 Å². The summed E-state index contributed by atoms with van der Waals surface area (Å²) in [6, 6.07) is 10.8. The third-order valence-electron chi connectivity index (χ3n) is 13.2. The molecule has 0 unspecified atom stereocenters. The number of hydrogen-bond acceptors (Lipinski definition) is 11. The maximum Gasteiger partial charge on any atom is 0.258 e. The molecule has 0 radical (unpaired) electrons. The molecule has 8 N–H and O–H groups in total. The minimum absolute atomic E-state index is 0.0468. The molecule has 0 bridgehead atoms. The first-order valence-corrected chi connectivity index (χ1v) is 21.5. The summed E-state index contributed by atoms with van der Waals surface area (Å²) in [4.78, 5) is 82.5. The Balaban J connectivity index is 0.815. The quantitative estimate of drug-likeness (QED) is 0.0781. The van der Waals surface area contributed by atoms with Gasteiger partial charge in [-0.3, -0.25) is 28.8 Å². The lowest BCUT2D eigenvalue weighted by atomic mass is 9.72. The van der Waals surface area contributed by atoms with Gasteiger partial charge in [-0.2, -0.15) is 0 Å². The number of nitrogens with two attached hydrogens (primary N) is 1. The van der Waals surface area contributed by atoms with Crippen LogP contribution in [0, 0.1) is 18.7 Å². The third kappa shape index (κ3) is 7.68. The zero-order valence-corrected chi connectivity index (χ0v) is 35.4. The van der Waals surface area contributed by atoms with E-state index in [-0.39, 0.29) is 75.2 Å². The van der Waals surface area contributed by atoms with Crippen molar-refractivity contribution in [2.45, 2.75) is 89.3 Å². The van der Waals surface area contributed by atoms with Crippen molar-refractivity contribution in [3.8, 4) is 11.4 Å². The van der Waals surface area contributed by atoms with E-state index < -0.39 is 41.3 Å². The van der Waals surface area contributed by atoms with E-state index in [1.807, 2.05) is 19.1 Å². The molecule has 1 saturated carbocycles. The summed E-state index contributed by atoms with van der Waals surface area (Å²) in [5, 5.41) is 25.7. The molecule has 0 saturated heterocycles. The average Bonchev–Trinajstić information content (AvgIpc) is 3.63. The number of carbonyl (C=O) groups is 5. The molecular formula is C46H49FN8O9. The number of nitrogens with one attached hydrogen (secondary N) is 5. The van der Waals surface area contributed by atoms with Crippen LogP contribution in [0.4, 0.5) is 4.39 Å². The second-order valence-electron chi connectivity index (χ2n) is 17.3. The first-order chi connectivity index (χ1) is 30.7. The summed E-state index contributed by atoms with van der Waals surface area (Å²) >= 11 is 0. The molecular weight excluding hydrogens is 828 g/mol. The van der Waals surface area contributed by atoms with Crippen molar-refractivity contribution in [3.63, 3.8) is 0 Å². The van der Waals surface area contributed by atoms with Crippen molar-refractivity contribution >= 4 is 40.4 Å². The number of rotatable bonds is 14. The smallest absolute Gasteiger partial charge is 0.258 e. The van der Waals surface area contributed by atoms with Gasteiger partial charge in [0.05, 0.1) is 60.8 Å². The number of halogens is 1. The zero-order chi connectivity index (χ0) is 45.0. The molecule has 17 nitrogen and oxygen atoms in total. The number of carbonyl (C=O) groups excluding carboxylic acids is 5. The molecule has 4 heterocycles. The number of amides is 5. The van der Waals surface area contributed by atoms with Gasteiger partial charge in [0, 0.05) is 41.3 Å². The molecule has 18 heteroatoms. The fourth-order valence-electron chi connectivity index (χ4n) is 9.75. The molecule has 3 aliphatic carbocycles. The van der Waals surface area contributed by atoms with Crippen LogP contribution in [-0.4, -0.2) is 82.7 Å². The normalized spacial score (nSPS) is 21.4. The second kappa shape index (κ2) is 16.9. The molecule has 1 fully saturated rings. The fraction of sp³-hybridized carbons (Fsp3) is 0.413. The van der Waals surface area contributed by atoms with Crippen LogP contribution < -0.4 is 37.9 Å². The van der Waals surface area contributed by atoms with E-state index in [1.165, 1.54) is 6.07 Å². The van der Waals surface area contributed by atoms with Crippen molar-refractivity contribution in [2.24, 2.45) is 11.7 Å². The molecule has 4 aromatic rings. The van der Waals surface area contributed by atoms with Gasteiger partial charge < -0.3 is 51.5 Å². The van der Waals surface area contributed by atoms with Gasteiger partial charge >= 0.3 is 0 Å². The van der Waals surface area contributed by atoms with Crippen LogP contribution in [0.5, 0.6) is 0 Å². The standard InChI is InChI=1S/C46H49FN8O9/c1-22-15-46(62)30-13-35-41-28(19-55(35)45(61)29(30)20-63-42(22)46)40-32(9-8-27-23(2)31(47)14-33(53-41)39(27)40)54-43(59)25-11-26(12-25)64-21-51-37(57)17-50-44(60)34(10-24-6-4-3-5-7-24)52-38(58)18-49-36(56)16-48/h3-7,13-14,25-26,32,34,62H,8-12,15-21,48H2,1-2H3,(H,49,56)(H,50,60)(H,51,57)(H,52,58)(H,54,59)/t25-,26+,32-,34-,46-/m0/s1. The summed E-state index contributed by atoms with van der Waals surface area (Å²) in [6.45, 7) is 2.69. The van der Waals surface area contributed by atoms with E-state index >= 15 is 4.39 Å². The number of aryl methyl sites for hydroxylation is 1. The largest absolute Gasteiger partial charge is 0.490 e. The second-order valence-corrected chi connectivity index (χ2v) is 17.3. The van der Waals surface area contributed by atoms with Crippen molar-refractivity contribution in [1.29, 1.82) is 0 Å². The molecule has 2 aromatic heterocycles. The highest BCUT2D eigenvalue weighted by Crippen LogP contribution is 2.52. The summed E-state index contributed by atoms with van der Waals surface area (Å²) < 4.78 is 28.7. The first kappa shape index (κ1) is 42.8. The van der Waals surface area contributed by atoms with Crippen LogP contribution in [0.25, 0.3) is 22.3 Å². The Morgan fingerprint density at radius 2 is 1.78 bits per heavy atom. The van der Waals surface area contributed by atoms with E-state index in [2.05, 4.69) is 26.6 Å². The molecule has 2 aliphatic heterocycles. The van der Waals surface area contributed by atoms with Gasteiger partial charge in [0.15, 0.2) is 5.60 Å². The van der Waals surface area contributed by atoms with Crippen molar-refractivity contribution in [1.82, 2.24) is 36.1 Å². The van der Waals surface area contributed by atoms with Gasteiger partial charge in [-0.25, -0.2) is 9.37 Å². The molecule has 5 amide bonds. The van der Waals surface area contributed by atoms with Gasteiger partial charge in [-0.15, -0.1) is 0 Å². The van der Waals surface area contributed by atoms with E-state index in [0.717, 1.165) is 33.2 Å². The van der Waals surface area contributed by atoms with E-state index in [4.69, 9.17) is 20.2 Å². The Kier molecular flexibility index (Phi) is 11.3. The van der Waals surface area contributed by atoms with Crippen LogP contribution in [0.2, 0.25) is 0 Å². The lowest BCUT2D eigenvalue weighted by molar-refractivity contribution is -0.137.